The highest BCUT2D eigenvalue weighted by Crippen LogP contribution is 2.29. The lowest BCUT2D eigenvalue weighted by molar-refractivity contribution is -0.320. The van der Waals surface area contributed by atoms with Gasteiger partial charge in [0.25, 0.3) is 0 Å². The third-order valence-electron chi connectivity index (χ3n) is 5.36. The predicted octanol–water partition coefficient (Wildman–Crippen LogP) is 0.0763. The molecule has 5 N–H and O–H groups in total. The van der Waals surface area contributed by atoms with Crippen LogP contribution >= 0.6 is 0 Å². The van der Waals surface area contributed by atoms with E-state index < -0.39 is 55.5 Å². The van der Waals surface area contributed by atoms with Crippen LogP contribution in [-0.2, 0) is 19.0 Å². The number of aliphatic hydroxyl groups is 4. The molecule has 0 bridgehead atoms. The normalized spacial score (nSPS) is 34.7. The summed E-state index contributed by atoms with van der Waals surface area (Å²) in [6, 6.07) is 6.14. The fourth-order valence-corrected chi connectivity index (χ4v) is 3.62. The van der Waals surface area contributed by atoms with E-state index in [1.165, 1.54) is 18.2 Å². The summed E-state index contributed by atoms with van der Waals surface area (Å²) >= 11 is 0. The van der Waals surface area contributed by atoms with Gasteiger partial charge < -0.3 is 39.7 Å². The third kappa shape index (κ3) is 5.57. The molecule has 30 heavy (non-hydrogen) atoms. The van der Waals surface area contributed by atoms with Gasteiger partial charge in [0.1, 0.15) is 24.1 Å². The van der Waals surface area contributed by atoms with E-state index in [0.29, 0.717) is 18.4 Å². The quantitative estimate of drug-likeness (QED) is 0.316. The van der Waals surface area contributed by atoms with Crippen molar-refractivity contribution < 1.29 is 44.5 Å². The Morgan fingerprint density at radius 1 is 1.10 bits per heavy atom. The van der Waals surface area contributed by atoms with Gasteiger partial charge in [0.2, 0.25) is 0 Å². The maximum absolute atomic E-state index is 12.3. The summed E-state index contributed by atoms with van der Waals surface area (Å²) in [6.45, 7) is -0.563. The van der Waals surface area contributed by atoms with Gasteiger partial charge in [0, 0.05) is 6.08 Å². The lowest BCUT2D eigenvalue weighted by Gasteiger charge is -2.43. The molecule has 166 valence electrons. The molecule has 1 saturated heterocycles. The van der Waals surface area contributed by atoms with E-state index in [4.69, 9.17) is 14.2 Å². The maximum Gasteiger partial charge on any atom is 0.331 e. The lowest BCUT2D eigenvalue weighted by Crippen LogP contribution is -2.61. The number of carbonyl (C=O) groups excluding carboxylic acids is 1. The smallest absolute Gasteiger partial charge is 0.331 e. The minimum absolute atomic E-state index is 0.0921. The molecular formula is C21H28O9. The molecule has 2 aliphatic rings. The average Bonchev–Trinajstić information content (AvgIpc) is 2.74. The molecule has 3 rings (SSSR count). The van der Waals surface area contributed by atoms with Crippen LogP contribution in [0.3, 0.4) is 0 Å². The van der Waals surface area contributed by atoms with Crippen molar-refractivity contribution in [1.29, 1.82) is 0 Å². The van der Waals surface area contributed by atoms with Gasteiger partial charge in [-0.25, -0.2) is 4.79 Å². The maximum atomic E-state index is 12.3. The molecule has 1 aromatic rings. The predicted molar refractivity (Wildman–Crippen MR) is 104 cm³/mol. The Labute approximate surface area is 174 Å². The Morgan fingerprint density at radius 3 is 2.47 bits per heavy atom. The molecule has 0 amide bonds. The molecule has 1 aromatic carbocycles. The minimum atomic E-state index is -1.55. The number of aliphatic hydroxyl groups excluding tert-OH is 4. The second kappa shape index (κ2) is 10.3. The van der Waals surface area contributed by atoms with Crippen molar-refractivity contribution in [3.8, 4) is 5.75 Å². The van der Waals surface area contributed by atoms with Crippen molar-refractivity contribution in [2.45, 2.75) is 68.6 Å². The molecule has 0 spiro atoms. The van der Waals surface area contributed by atoms with Crippen molar-refractivity contribution in [2.75, 3.05) is 6.61 Å². The fraction of sp³-hybridized carbons (Fsp3) is 0.571. The number of carbonyl (C=O) groups is 1. The summed E-state index contributed by atoms with van der Waals surface area (Å²) in [5.41, 5.74) is 0.642. The zero-order chi connectivity index (χ0) is 21.7. The van der Waals surface area contributed by atoms with E-state index in [0.717, 1.165) is 18.9 Å². The topological polar surface area (TPSA) is 146 Å². The molecule has 0 radical (unpaired) electrons. The van der Waals surface area contributed by atoms with E-state index in [2.05, 4.69) is 0 Å². The number of esters is 1. The van der Waals surface area contributed by atoms with E-state index in [-0.39, 0.29) is 5.75 Å². The Balaban J connectivity index is 1.70. The Bertz CT molecular complexity index is 720. The molecule has 0 aromatic heterocycles. The molecule has 9 heteroatoms. The van der Waals surface area contributed by atoms with Gasteiger partial charge in [0.15, 0.2) is 12.4 Å². The lowest BCUT2D eigenvalue weighted by atomic mass is 9.94. The van der Waals surface area contributed by atoms with Crippen LogP contribution in [0.15, 0.2) is 30.3 Å². The molecule has 2 fully saturated rings. The summed E-state index contributed by atoms with van der Waals surface area (Å²) in [4.78, 5) is 12.3. The van der Waals surface area contributed by atoms with Crippen LogP contribution in [-0.4, -0.2) is 81.0 Å². The highest BCUT2D eigenvalue weighted by atomic mass is 16.7. The molecule has 1 aliphatic carbocycles. The van der Waals surface area contributed by atoms with Crippen LogP contribution in [0.25, 0.3) is 6.08 Å². The van der Waals surface area contributed by atoms with Crippen LogP contribution in [0.2, 0.25) is 0 Å². The molecule has 0 unspecified atom stereocenters. The summed E-state index contributed by atoms with van der Waals surface area (Å²) in [5.74, 6) is -0.710. The van der Waals surface area contributed by atoms with Crippen LogP contribution < -0.4 is 0 Å². The molecule has 1 aliphatic heterocycles. The number of hydrogen-bond acceptors (Lipinski definition) is 9. The van der Waals surface area contributed by atoms with E-state index in [1.54, 1.807) is 12.1 Å². The van der Waals surface area contributed by atoms with Gasteiger partial charge in [-0.05, 0) is 36.6 Å². The second-order valence-corrected chi connectivity index (χ2v) is 7.56. The SMILES string of the molecule is O=C(/C=C\c1ccc(O)cc1)O[C@@H]1[C@@H](O[C@@H]2CCCC[C@H]2O)O[C@@H](CO)[C@H](O)[C@H]1O. The van der Waals surface area contributed by atoms with E-state index in [1.807, 2.05) is 0 Å². The molecule has 9 nitrogen and oxygen atoms in total. The van der Waals surface area contributed by atoms with Crippen molar-refractivity contribution in [1.82, 2.24) is 0 Å². The third-order valence-corrected chi connectivity index (χ3v) is 5.36. The molecule has 7 atom stereocenters. The highest BCUT2D eigenvalue weighted by Gasteiger charge is 2.48. The fourth-order valence-electron chi connectivity index (χ4n) is 3.62. The first-order valence-corrected chi connectivity index (χ1v) is 10.0. The van der Waals surface area contributed by atoms with Gasteiger partial charge in [-0.1, -0.05) is 25.0 Å². The molecule has 1 saturated carbocycles. The van der Waals surface area contributed by atoms with Crippen molar-refractivity contribution in [2.24, 2.45) is 0 Å². The Kier molecular flexibility index (Phi) is 7.81. The average molecular weight is 424 g/mol. The number of rotatable bonds is 6. The van der Waals surface area contributed by atoms with E-state index in [9.17, 15) is 30.3 Å². The van der Waals surface area contributed by atoms with Crippen molar-refractivity contribution in [3.63, 3.8) is 0 Å². The number of aromatic hydroxyl groups is 1. The number of phenolic OH excluding ortho intramolecular Hbond substituents is 1. The number of ether oxygens (including phenoxy) is 3. The van der Waals surface area contributed by atoms with Crippen LogP contribution in [0.5, 0.6) is 5.75 Å². The Morgan fingerprint density at radius 2 is 1.80 bits per heavy atom. The monoisotopic (exact) mass is 424 g/mol. The van der Waals surface area contributed by atoms with Crippen LogP contribution in [0.1, 0.15) is 31.2 Å². The molecule has 1 heterocycles. The second-order valence-electron chi connectivity index (χ2n) is 7.56. The summed E-state index contributed by atoms with van der Waals surface area (Å²) < 4.78 is 16.6. The summed E-state index contributed by atoms with van der Waals surface area (Å²) in [7, 11) is 0. The zero-order valence-electron chi connectivity index (χ0n) is 16.4. The first kappa shape index (κ1) is 22.7. The summed E-state index contributed by atoms with van der Waals surface area (Å²) in [5, 5.41) is 49.5. The Hall–Kier alpha value is -2.01. The van der Waals surface area contributed by atoms with Gasteiger partial charge >= 0.3 is 5.97 Å². The summed E-state index contributed by atoms with van der Waals surface area (Å²) in [6.07, 6.45) is -2.59. The molecular weight excluding hydrogens is 396 g/mol. The van der Waals surface area contributed by atoms with Crippen molar-refractivity contribution in [3.05, 3.63) is 35.9 Å². The van der Waals surface area contributed by atoms with Gasteiger partial charge in [0.05, 0.1) is 18.8 Å². The first-order chi connectivity index (χ1) is 14.4. The first-order valence-electron chi connectivity index (χ1n) is 10.0. The highest BCUT2D eigenvalue weighted by molar-refractivity contribution is 5.87. The van der Waals surface area contributed by atoms with E-state index >= 15 is 0 Å². The minimum Gasteiger partial charge on any atom is -0.508 e. The largest absolute Gasteiger partial charge is 0.508 e. The zero-order valence-corrected chi connectivity index (χ0v) is 16.4. The number of hydrogen-bond donors (Lipinski definition) is 5. The van der Waals surface area contributed by atoms with Crippen LogP contribution in [0.4, 0.5) is 0 Å². The van der Waals surface area contributed by atoms with Crippen LogP contribution in [0, 0.1) is 0 Å². The number of phenols is 1. The van der Waals surface area contributed by atoms with Gasteiger partial charge in [-0.3, -0.25) is 0 Å². The van der Waals surface area contributed by atoms with Crippen molar-refractivity contribution >= 4 is 12.0 Å². The number of benzene rings is 1. The van der Waals surface area contributed by atoms with Gasteiger partial charge in [-0.15, -0.1) is 0 Å². The standard InChI is InChI=1S/C21H28O9/c22-11-16-18(26)19(27)20(21(29-16)28-15-4-2-1-3-14(15)24)30-17(25)10-7-12-5-8-13(23)9-6-12/h5-10,14-16,18-24,26-27H,1-4,11H2/b10-7-/t14-,15-,16+,18+,19-,20+,21+/m1/s1. The van der Waals surface area contributed by atoms with Gasteiger partial charge in [-0.2, -0.15) is 0 Å².